The molecule has 1 heterocycles. The van der Waals surface area contributed by atoms with Crippen molar-refractivity contribution < 1.29 is 28.3 Å². The van der Waals surface area contributed by atoms with Crippen LogP contribution in [0.4, 0.5) is 0 Å². The summed E-state index contributed by atoms with van der Waals surface area (Å²) in [4.78, 5) is 27.9. The maximum Gasteiger partial charge on any atom is 0.306 e. The molecule has 0 fully saturated rings. The number of aryl methyl sites for hydroxylation is 1. The molecule has 0 aliphatic heterocycles. The molecule has 2 aromatic carbocycles. The Kier molecular flexibility index (Phi) is 8.61. The summed E-state index contributed by atoms with van der Waals surface area (Å²) in [5.74, 6) is 1.30. The van der Waals surface area contributed by atoms with Gasteiger partial charge in [0, 0.05) is 12.0 Å². The first-order valence-corrected chi connectivity index (χ1v) is 10.3. The topological polar surface area (TPSA) is 113 Å². The van der Waals surface area contributed by atoms with Crippen molar-refractivity contribution >= 4 is 11.9 Å². The maximum atomic E-state index is 11.9. The second kappa shape index (κ2) is 12.1. The lowest BCUT2D eigenvalue weighted by Gasteiger charge is -2.09. The summed E-state index contributed by atoms with van der Waals surface area (Å²) in [5, 5.41) is 6.52. The highest BCUT2D eigenvalue weighted by molar-refractivity contribution is 5.80. The Labute approximate surface area is 185 Å². The number of carbonyl (C=O) groups is 2. The number of nitrogens with one attached hydrogen (secondary N) is 1. The predicted molar refractivity (Wildman–Crippen MR) is 115 cm³/mol. The van der Waals surface area contributed by atoms with E-state index in [0.717, 1.165) is 11.3 Å². The van der Waals surface area contributed by atoms with Crippen LogP contribution in [0.1, 0.15) is 19.2 Å². The molecule has 0 saturated carbocycles. The Morgan fingerprint density at radius 2 is 1.72 bits per heavy atom. The van der Waals surface area contributed by atoms with Gasteiger partial charge in [0.2, 0.25) is 11.7 Å². The molecular formula is C23H25N3O6. The Balaban J connectivity index is 1.28. The third-order valence-corrected chi connectivity index (χ3v) is 4.24. The molecule has 9 nitrogen and oxygen atoms in total. The third-order valence-electron chi connectivity index (χ3n) is 4.24. The molecule has 3 rings (SSSR count). The SMILES string of the molecule is CCOc1ccc(OCCNC(=O)COC(=O)CCc2nc(-c3ccccc3)no2)cc1. The average molecular weight is 439 g/mol. The quantitative estimate of drug-likeness (QED) is 0.339. The van der Waals surface area contributed by atoms with E-state index in [2.05, 4.69) is 15.5 Å². The highest BCUT2D eigenvalue weighted by Gasteiger charge is 2.12. The maximum absolute atomic E-state index is 11.9. The number of benzene rings is 2. The van der Waals surface area contributed by atoms with E-state index >= 15 is 0 Å². The van der Waals surface area contributed by atoms with Gasteiger partial charge in [-0.15, -0.1) is 0 Å². The van der Waals surface area contributed by atoms with Crippen molar-refractivity contribution in [3.05, 3.63) is 60.5 Å². The van der Waals surface area contributed by atoms with E-state index in [4.69, 9.17) is 18.7 Å². The van der Waals surface area contributed by atoms with Crippen molar-refractivity contribution in [2.75, 3.05) is 26.4 Å². The van der Waals surface area contributed by atoms with E-state index in [0.29, 0.717) is 24.1 Å². The number of ether oxygens (including phenoxy) is 3. The van der Waals surface area contributed by atoms with Crippen LogP contribution in [-0.2, 0) is 20.7 Å². The number of hydrogen-bond donors (Lipinski definition) is 1. The van der Waals surface area contributed by atoms with Gasteiger partial charge < -0.3 is 24.1 Å². The number of rotatable bonds is 12. The Bertz CT molecular complexity index is 988. The molecule has 1 N–H and O–H groups in total. The fourth-order valence-corrected chi connectivity index (χ4v) is 2.70. The zero-order valence-corrected chi connectivity index (χ0v) is 17.8. The molecule has 0 radical (unpaired) electrons. The second-order valence-electron chi connectivity index (χ2n) is 6.64. The second-order valence-corrected chi connectivity index (χ2v) is 6.64. The summed E-state index contributed by atoms with van der Waals surface area (Å²) < 4.78 is 21.0. The number of hydrogen-bond acceptors (Lipinski definition) is 8. The smallest absolute Gasteiger partial charge is 0.306 e. The van der Waals surface area contributed by atoms with Crippen LogP contribution in [0.5, 0.6) is 11.5 Å². The molecule has 0 spiro atoms. The van der Waals surface area contributed by atoms with Gasteiger partial charge in [-0.1, -0.05) is 35.5 Å². The van der Waals surface area contributed by atoms with E-state index in [9.17, 15) is 9.59 Å². The van der Waals surface area contributed by atoms with Crippen LogP contribution in [0, 0.1) is 0 Å². The average Bonchev–Trinajstić information content (AvgIpc) is 3.30. The summed E-state index contributed by atoms with van der Waals surface area (Å²) in [6.07, 6.45) is 0.265. The van der Waals surface area contributed by atoms with Crippen molar-refractivity contribution in [2.45, 2.75) is 19.8 Å². The summed E-state index contributed by atoms with van der Waals surface area (Å²) >= 11 is 0. The molecule has 0 aliphatic carbocycles. The van der Waals surface area contributed by atoms with Gasteiger partial charge in [0.05, 0.1) is 19.6 Å². The Morgan fingerprint density at radius 1 is 1.00 bits per heavy atom. The van der Waals surface area contributed by atoms with Crippen molar-refractivity contribution in [1.29, 1.82) is 0 Å². The molecule has 0 unspecified atom stereocenters. The molecule has 0 atom stereocenters. The molecular weight excluding hydrogens is 414 g/mol. The molecule has 0 aliphatic rings. The fourth-order valence-electron chi connectivity index (χ4n) is 2.70. The molecule has 3 aromatic rings. The molecule has 1 aromatic heterocycles. The Morgan fingerprint density at radius 3 is 2.44 bits per heavy atom. The van der Waals surface area contributed by atoms with Gasteiger partial charge in [-0.25, -0.2) is 0 Å². The lowest BCUT2D eigenvalue weighted by atomic mass is 10.2. The summed E-state index contributed by atoms with van der Waals surface area (Å²) in [5.41, 5.74) is 0.827. The minimum atomic E-state index is -0.523. The van der Waals surface area contributed by atoms with Crippen LogP contribution in [-0.4, -0.2) is 48.4 Å². The largest absolute Gasteiger partial charge is 0.494 e. The van der Waals surface area contributed by atoms with Gasteiger partial charge in [-0.05, 0) is 31.2 Å². The minimum absolute atomic E-state index is 0.0323. The first kappa shape index (κ1) is 22.8. The van der Waals surface area contributed by atoms with Gasteiger partial charge >= 0.3 is 5.97 Å². The zero-order valence-electron chi connectivity index (χ0n) is 17.8. The monoisotopic (exact) mass is 439 g/mol. The van der Waals surface area contributed by atoms with Crippen molar-refractivity contribution in [3.63, 3.8) is 0 Å². The van der Waals surface area contributed by atoms with Crippen LogP contribution in [0.3, 0.4) is 0 Å². The molecule has 32 heavy (non-hydrogen) atoms. The van der Waals surface area contributed by atoms with Crippen LogP contribution < -0.4 is 14.8 Å². The number of esters is 1. The van der Waals surface area contributed by atoms with Gasteiger partial charge in [0.25, 0.3) is 5.91 Å². The number of nitrogens with zero attached hydrogens (tertiary/aromatic N) is 2. The molecule has 1 amide bonds. The molecule has 9 heteroatoms. The van der Waals surface area contributed by atoms with E-state index in [1.165, 1.54) is 0 Å². The summed E-state index contributed by atoms with van der Waals surface area (Å²) in [7, 11) is 0. The fraction of sp³-hybridized carbons (Fsp3) is 0.304. The van der Waals surface area contributed by atoms with Gasteiger partial charge in [-0.2, -0.15) is 4.98 Å². The summed E-state index contributed by atoms with van der Waals surface area (Å²) in [6, 6.07) is 16.6. The third kappa shape index (κ3) is 7.42. The van der Waals surface area contributed by atoms with Gasteiger partial charge in [-0.3, -0.25) is 9.59 Å². The van der Waals surface area contributed by atoms with Crippen molar-refractivity contribution in [2.24, 2.45) is 0 Å². The van der Waals surface area contributed by atoms with E-state index in [1.54, 1.807) is 12.1 Å². The number of carbonyl (C=O) groups excluding carboxylic acids is 2. The lowest BCUT2D eigenvalue weighted by Crippen LogP contribution is -2.32. The van der Waals surface area contributed by atoms with Crippen LogP contribution in [0.15, 0.2) is 59.1 Å². The number of amides is 1. The normalized spacial score (nSPS) is 10.4. The van der Waals surface area contributed by atoms with Crippen LogP contribution in [0.25, 0.3) is 11.4 Å². The summed E-state index contributed by atoms with van der Waals surface area (Å²) in [6.45, 7) is 2.73. The number of aromatic nitrogens is 2. The van der Waals surface area contributed by atoms with E-state index in [1.807, 2.05) is 49.4 Å². The zero-order chi connectivity index (χ0) is 22.6. The van der Waals surface area contributed by atoms with Crippen LogP contribution >= 0.6 is 0 Å². The highest BCUT2D eigenvalue weighted by Crippen LogP contribution is 2.17. The first-order chi connectivity index (χ1) is 15.6. The van der Waals surface area contributed by atoms with E-state index < -0.39 is 11.9 Å². The predicted octanol–water partition coefficient (Wildman–Crippen LogP) is 2.81. The van der Waals surface area contributed by atoms with E-state index in [-0.39, 0.29) is 32.6 Å². The van der Waals surface area contributed by atoms with Crippen molar-refractivity contribution in [3.8, 4) is 22.9 Å². The standard InChI is InChI=1S/C23H25N3O6/c1-2-29-18-8-10-19(11-9-18)30-15-14-24-20(27)16-31-22(28)13-12-21-25-23(26-32-21)17-6-4-3-5-7-17/h3-11H,2,12-16H2,1H3,(H,24,27). The van der Waals surface area contributed by atoms with Crippen molar-refractivity contribution in [1.82, 2.24) is 15.5 Å². The molecule has 168 valence electrons. The van der Waals surface area contributed by atoms with Gasteiger partial charge in [0.15, 0.2) is 6.61 Å². The van der Waals surface area contributed by atoms with Gasteiger partial charge in [0.1, 0.15) is 18.1 Å². The highest BCUT2D eigenvalue weighted by atomic mass is 16.5. The molecule has 0 bridgehead atoms. The molecule has 0 saturated heterocycles. The van der Waals surface area contributed by atoms with Crippen LogP contribution in [0.2, 0.25) is 0 Å². The lowest BCUT2D eigenvalue weighted by molar-refractivity contribution is -0.148. The Hall–Kier alpha value is -3.88. The first-order valence-electron chi connectivity index (χ1n) is 10.3. The minimum Gasteiger partial charge on any atom is -0.494 e.